The van der Waals surface area contributed by atoms with Crippen molar-refractivity contribution in [2.45, 2.75) is 277 Å². The summed E-state index contributed by atoms with van der Waals surface area (Å²) in [5.41, 5.74) is 4.04. The lowest BCUT2D eigenvalue weighted by molar-refractivity contribution is 0.0695. The van der Waals surface area contributed by atoms with Crippen molar-refractivity contribution in [3.8, 4) is 17.2 Å². The maximum Gasteiger partial charge on any atom is 0.335 e. The predicted octanol–water partition coefficient (Wildman–Crippen LogP) is 21.7. The fraction of sp³-hybridized carbons (Fsp3) is 0.806. The monoisotopic (exact) mass is 1000 g/mol. The van der Waals surface area contributed by atoms with Crippen LogP contribution in [-0.4, -0.2) is 30.9 Å². The maximum absolute atomic E-state index is 12.5. The maximum atomic E-state index is 12.5. The average Bonchev–Trinajstić information content (AvgIpc) is 3.29. The molecule has 5 heteroatoms. The van der Waals surface area contributed by atoms with Crippen LogP contribution in [0.25, 0.3) is 0 Å². The van der Waals surface area contributed by atoms with Crippen LogP contribution in [0, 0.1) is 53.3 Å². The second-order valence-corrected chi connectivity index (χ2v) is 25.3. The smallest absolute Gasteiger partial charge is 0.335 e. The second-order valence-electron chi connectivity index (χ2n) is 25.3. The molecule has 6 unspecified atom stereocenters. The third-order valence-corrected chi connectivity index (χ3v) is 15.7. The highest BCUT2D eigenvalue weighted by Gasteiger charge is 2.19. The summed E-state index contributed by atoms with van der Waals surface area (Å²) in [6, 6.07) is 3.20. The number of carboxylic acids is 1. The number of hydrogen-bond acceptors (Lipinski definition) is 4. The lowest BCUT2D eigenvalue weighted by Crippen LogP contribution is -2.07. The first-order valence-corrected chi connectivity index (χ1v) is 30.5. The van der Waals surface area contributed by atoms with Crippen molar-refractivity contribution in [1.29, 1.82) is 0 Å². The molecule has 0 aliphatic rings. The molecule has 6 atom stereocenters. The van der Waals surface area contributed by atoms with Crippen LogP contribution in [0.2, 0.25) is 0 Å². The number of allylic oxidation sites excluding steroid dienone is 3. The molecule has 0 saturated heterocycles. The molecule has 0 bridgehead atoms. The van der Waals surface area contributed by atoms with E-state index in [2.05, 4.69) is 122 Å². The van der Waals surface area contributed by atoms with E-state index in [0.29, 0.717) is 37.1 Å². The lowest BCUT2D eigenvalue weighted by Gasteiger charge is -2.17. The van der Waals surface area contributed by atoms with Gasteiger partial charge >= 0.3 is 5.97 Å². The predicted molar refractivity (Wildman–Crippen MR) is 315 cm³/mol. The largest absolute Gasteiger partial charge is 0.485 e. The Kier molecular flexibility index (Phi) is 38.8. The molecule has 1 aromatic carbocycles. The lowest BCUT2D eigenvalue weighted by atomic mass is 9.91. The minimum Gasteiger partial charge on any atom is -0.485 e. The van der Waals surface area contributed by atoms with Crippen LogP contribution in [0.15, 0.2) is 47.1 Å². The van der Waals surface area contributed by atoms with Crippen LogP contribution in [0.4, 0.5) is 0 Å². The van der Waals surface area contributed by atoms with Crippen LogP contribution in [-0.2, 0) is 0 Å². The molecule has 0 fully saturated rings. The van der Waals surface area contributed by atoms with E-state index < -0.39 is 5.97 Å². The van der Waals surface area contributed by atoms with Crippen LogP contribution in [0.3, 0.4) is 0 Å². The van der Waals surface area contributed by atoms with Crippen molar-refractivity contribution >= 4 is 5.97 Å². The first kappa shape index (κ1) is 67.3. The molecule has 418 valence electrons. The van der Waals surface area contributed by atoms with Crippen molar-refractivity contribution in [1.82, 2.24) is 0 Å². The van der Waals surface area contributed by atoms with Gasteiger partial charge in [-0.25, -0.2) is 4.79 Å². The SMILES string of the molecule is C/C(=C\COc1cc(C(=O)O)cc(OC/C=C(\C)CCCC(C)CCCC(C)CCCC(C)C)c1OC/C=C(\C)CCCC(C)CCCC(C)CCCC(C)C)CCCC(C)CCCC(C)CCCC(C)C. The van der Waals surface area contributed by atoms with E-state index in [0.717, 1.165) is 72.5 Å². The summed E-state index contributed by atoms with van der Waals surface area (Å²) in [7, 11) is 0. The van der Waals surface area contributed by atoms with Gasteiger partial charge in [-0.3, -0.25) is 0 Å². The van der Waals surface area contributed by atoms with Gasteiger partial charge in [0.1, 0.15) is 19.8 Å². The van der Waals surface area contributed by atoms with Gasteiger partial charge in [-0.2, -0.15) is 0 Å². The van der Waals surface area contributed by atoms with Crippen molar-refractivity contribution < 1.29 is 24.1 Å². The normalized spacial score (nSPS) is 15.3. The van der Waals surface area contributed by atoms with Gasteiger partial charge in [-0.15, -0.1) is 0 Å². The highest BCUT2D eigenvalue weighted by atomic mass is 16.5. The van der Waals surface area contributed by atoms with Gasteiger partial charge in [0.25, 0.3) is 0 Å². The van der Waals surface area contributed by atoms with E-state index in [1.54, 1.807) is 12.1 Å². The van der Waals surface area contributed by atoms with Gasteiger partial charge < -0.3 is 19.3 Å². The molecule has 0 heterocycles. The van der Waals surface area contributed by atoms with Crippen molar-refractivity contribution in [3.05, 3.63) is 52.6 Å². The van der Waals surface area contributed by atoms with Crippen molar-refractivity contribution in [2.75, 3.05) is 19.8 Å². The highest BCUT2D eigenvalue weighted by Crippen LogP contribution is 2.40. The fourth-order valence-electron chi connectivity index (χ4n) is 10.3. The first-order chi connectivity index (χ1) is 34.2. The van der Waals surface area contributed by atoms with Crippen molar-refractivity contribution in [3.63, 3.8) is 0 Å². The zero-order valence-corrected chi connectivity index (χ0v) is 50.4. The number of rotatable bonds is 46. The summed E-state index contributed by atoms with van der Waals surface area (Å²) in [5.74, 6) is 7.44. The van der Waals surface area contributed by atoms with Gasteiger partial charge in [0.2, 0.25) is 5.75 Å². The third kappa shape index (κ3) is 37.1. The Morgan fingerprint density at radius 2 is 0.625 bits per heavy atom. The summed E-state index contributed by atoms with van der Waals surface area (Å²) in [4.78, 5) is 12.5. The molecule has 72 heavy (non-hydrogen) atoms. The Labute approximate surface area is 448 Å². The van der Waals surface area contributed by atoms with E-state index in [9.17, 15) is 9.90 Å². The summed E-state index contributed by atoms with van der Waals surface area (Å²) in [6.45, 7) is 36.1. The molecule has 0 aromatic heterocycles. The van der Waals surface area contributed by atoms with Crippen LogP contribution >= 0.6 is 0 Å². The zero-order valence-electron chi connectivity index (χ0n) is 50.4. The second kappa shape index (κ2) is 41.5. The minimum absolute atomic E-state index is 0.132. The highest BCUT2D eigenvalue weighted by molar-refractivity contribution is 5.89. The summed E-state index contributed by atoms with van der Waals surface area (Å²) >= 11 is 0. The van der Waals surface area contributed by atoms with Crippen LogP contribution in [0.1, 0.15) is 288 Å². The van der Waals surface area contributed by atoms with Gasteiger partial charge in [-0.1, -0.05) is 235 Å². The van der Waals surface area contributed by atoms with E-state index in [1.165, 1.54) is 171 Å². The molecule has 0 aliphatic carbocycles. The first-order valence-electron chi connectivity index (χ1n) is 30.5. The third-order valence-electron chi connectivity index (χ3n) is 15.7. The Morgan fingerprint density at radius 1 is 0.389 bits per heavy atom. The van der Waals surface area contributed by atoms with Crippen LogP contribution < -0.4 is 14.2 Å². The number of aromatic carboxylic acids is 1. The zero-order chi connectivity index (χ0) is 53.7. The average molecular weight is 1010 g/mol. The molecular weight excluding hydrogens is 885 g/mol. The number of hydrogen-bond donors (Lipinski definition) is 1. The number of carboxylic acid groups (broad SMARTS) is 1. The molecule has 5 nitrogen and oxygen atoms in total. The molecule has 0 aliphatic heterocycles. The van der Waals surface area contributed by atoms with Gasteiger partial charge in [0.15, 0.2) is 11.5 Å². The molecule has 0 saturated carbocycles. The van der Waals surface area contributed by atoms with Gasteiger partial charge in [0, 0.05) is 0 Å². The van der Waals surface area contributed by atoms with E-state index in [-0.39, 0.29) is 5.56 Å². The molecule has 0 amide bonds. The summed E-state index contributed by atoms with van der Waals surface area (Å²) in [5, 5.41) is 10.2. The van der Waals surface area contributed by atoms with Crippen LogP contribution in [0.5, 0.6) is 17.2 Å². The molecule has 1 aromatic rings. The standard InChI is InChI=1S/C67H120O5/c1-51(2)25-16-28-54(7)31-19-34-57(10)37-22-40-60(13)43-46-70-64-49-63(67(68)69)50-65(71-47-44-61(14)41-23-38-58(11)35-20-32-55(8)29-17-26-52(3)4)66(64)72-48-45-62(15)42-24-39-59(12)36-21-33-56(9)30-18-27-53(5)6/h43-45,49-59H,16-42,46-48H2,1-15H3,(H,68,69)/b60-43+,61-44+,62-45+. The number of ether oxygens (including phenoxy) is 3. The summed E-state index contributed by atoms with van der Waals surface area (Å²) < 4.78 is 19.3. The van der Waals surface area contributed by atoms with E-state index in [1.807, 2.05) is 0 Å². The van der Waals surface area contributed by atoms with E-state index >= 15 is 0 Å². The quantitative estimate of drug-likeness (QED) is 0.0659. The minimum atomic E-state index is -1.01. The molecule has 0 spiro atoms. The van der Waals surface area contributed by atoms with Gasteiger partial charge in [0.05, 0.1) is 5.56 Å². The number of carbonyl (C=O) groups is 1. The Hall–Kier alpha value is -2.69. The Bertz CT molecular complexity index is 1520. The molecule has 0 radical (unpaired) electrons. The summed E-state index contributed by atoms with van der Waals surface area (Å²) in [6.07, 6.45) is 41.0. The van der Waals surface area contributed by atoms with Crippen molar-refractivity contribution in [2.24, 2.45) is 53.3 Å². The topological polar surface area (TPSA) is 65.0 Å². The number of benzene rings is 1. The van der Waals surface area contributed by atoms with E-state index in [4.69, 9.17) is 14.2 Å². The fourth-order valence-corrected chi connectivity index (χ4v) is 10.3. The Balaban J connectivity index is 2.94. The Morgan fingerprint density at radius 3 is 0.875 bits per heavy atom. The molecular formula is C67H120O5. The molecule has 1 rings (SSSR count). The van der Waals surface area contributed by atoms with Gasteiger partial charge in [-0.05, 0) is 143 Å². The molecule has 1 N–H and O–H groups in total.